The Balaban J connectivity index is 0.945. The van der Waals surface area contributed by atoms with Gasteiger partial charge in [0.25, 0.3) is 0 Å². The number of ether oxygens (including phenoxy) is 2. The first-order chi connectivity index (χ1) is 35.2. The number of anilines is 3. The summed E-state index contributed by atoms with van der Waals surface area (Å²) in [5.74, 6) is 3.56. The highest BCUT2D eigenvalue weighted by molar-refractivity contribution is 5.95. The Morgan fingerprint density at radius 3 is 1.01 bits per heavy atom. The summed E-state index contributed by atoms with van der Waals surface area (Å²) in [6, 6.07) is 95.1. The number of fused-ring (bicyclic) bond motifs is 18. The van der Waals surface area contributed by atoms with Gasteiger partial charge in [0.15, 0.2) is 0 Å². The number of benzene rings is 11. The van der Waals surface area contributed by atoms with Crippen molar-refractivity contribution in [3.05, 3.63) is 305 Å². The van der Waals surface area contributed by atoms with E-state index in [0.29, 0.717) is 0 Å². The molecule has 11 aromatic carbocycles. The molecule has 0 atom stereocenters. The average Bonchev–Trinajstić information content (AvgIpc) is 3.89. The lowest BCUT2D eigenvalue weighted by molar-refractivity contribution is 0.436. The molecule has 0 radical (unpaired) electrons. The first-order valence-electron chi connectivity index (χ1n) is 24.5. The van der Waals surface area contributed by atoms with E-state index in [-0.39, 0.29) is 0 Å². The summed E-state index contributed by atoms with van der Waals surface area (Å²) in [6.45, 7) is 0. The summed E-state index contributed by atoms with van der Waals surface area (Å²) in [6.07, 6.45) is 0. The molecule has 2 aliphatic heterocycles. The van der Waals surface area contributed by atoms with Gasteiger partial charge in [-0.1, -0.05) is 194 Å². The minimum atomic E-state index is -0.557. The van der Waals surface area contributed by atoms with Crippen LogP contribution in [0.3, 0.4) is 0 Å². The van der Waals surface area contributed by atoms with Gasteiger partial charge in [-0.3, -0.25) is 0 Å². The predicted molar refractivity (Wildman–Crippen MR) is 287 cm³/mol. The van der Waals surface area contributed by atoms with Crippen LogP contribution in [0.1, 0.15) is 44.5 Å². The first kappa shape index (κ1) is 39.8. The van der Waals surface area contributed by atoms with Gasteiger partial charge in [0.1, 0.15) is 23.0 Å². The molecule has 0 aromatic heterocycles. The maximum atomic E-state index is 6.67. The fourth-order valence-corrected chi connectivity index (χ4v) is 12.7. The van der Waals surface area contributed by atoms with Crippen LogP contribution in [0.15, 0.2) is 261 Å². The second kappa shape index (κ2) is 15.2. The zero-order valence-corrected chi connectivity index (χ0v) is 38.6. The molecular weight excluding hydrogens is 863 g/mol. The first-order valence-corrected chi connectivity index (χ1v) is 24.5. The summed E-state index contributed by atoms with van der Waals surface area (Å²) in [5.41, 5.74) is 21.4. The molecule has 0 saturated heterocycles. The second-order valence-electron chi connectivity index (χ2n) is 19.1. The monoisotopic (exact) mass is 905 g/mol. The van der Waals surface area contributed by atoms with Crippen LogP contribution in [0.5, 0.6) is 23.0 Å². The molecule has 0 N–H and O–H groups in total. The molecule has 0 amide bonds. The minimum Gasteiger partial charge on any atom is -0.457 e. The molecule has 71 heavy (non-hydrogen) atoms. The molecular formula is C68H43NO2. The Kier molecular flexibility index (Phi) is 8.49. The van der Waals surface area contributed by atoms with E-state index in [0.717, 1.165) is 67.9 Å². The van der Waals surface area contributed by atoms with E-state index in [4.69, 9.17) is 9.47 Å². The SMILES string of the molecule is c1ccc(-c2cccc(-c3ccc(N(c4ccc5c(c4)-c4ccccc4C54c5ccccc5Oc5ccccc54)c4ccc5c(c4)-c4ccccc4C54c5ccccc5Oc5ccccc54)cc3)c2)cc1. The largest absolute Gasteiger partial charge is 0.457 e. The topological polar surface area (TPSA) is 21.7 Å². The Labute approximate surface area is 413 Å². The highest BCUT2D eigenvalue weighted by atomic mass is 16.5. The third-order valence-corrected chi connectivity index (χ3v) is 15.6. The molecule has 2 heterocycles. The molecule has 0 saturated carbocycles. The number of hydrogen-bond donors (Lipinski definition) is 0. The van der Waals surface area contributed by atoms with Crippen molar-refractivity contribution >= 4 is 17.1 Å². The lowest BCUT2D eigenvalue weighted by atomic mass is 9.66. The summed E-state index contributed by atoms with van der Waals surface area (Å²) in [4.78, 5) is 2.45. The van der Waals surface area contributed by atoms with E-state index in [9.17, 15) is 0 Å². The smallest absolute Gasteiger partial charge is 0.132 e. The minimum absolute atomic E-state index is 0.557. The van der Waals surface area contributed by atoms with Crippen LogP contribution < -0.4 is 14.4 Å². The van der Waals surface area contributed by atoms with Crippen molar-refractivity contribution < 1.29 is 9.47 Å². The van der Waals surface area contributed by atoms with Gasteiger partial charge in [0.05, 0.1) is 10.8 Å². The maximum absolute atomic E-state index is 6.67. The number of para-hydroxylation sites is 4. The van der Waals surface area contributed by atoms with Gasteiger partial charge < -0.3 is 14.4 Å². The fourth-order valence-electron chi connectivity index (χ4n) is 12.7. The average molecular weight is 906 g/mol. The zero-order chi connectivity index (χ0) is 46.7. The molecule has 2 spiro atoms. The van der Waals surface area contributed by atoms with E-state index in [1.165, 1.54) is 61.2 Å². The lowest BCUT2D eigenvalue weighted by Gasteiger charge is -2.39. The van der Waals surface area contributed by atoms with Crippen molar-refractivity contribution in [1.29, 1.82) is 0 Å². The highest BCUT2D eigenvalue weighted by Crippen LogP contribution is 2.64. The number of rotatable bonds is 5. The van der Waals surface area contributed by atoms with E-state index in [1.54, 1.807) is 0 Å². The lowest BCUT2D eigenvalue weighted by Crippen LogP contribution is -2.32. The molecule has 2 aliphatic carbocycles. The Bertz CT molecular complexity index is 3680. The Morgan fingerprint density at radius 2 is 0.563 bits per heavy atom. The van der Waals surface area contributed by atoms with Gasteiger partial charge >= 0.3 is 0 Å². The van der Waals surface area contributed by atoms with Crippen LogP contribution in [0.4, 0.5) is 17.1 Å². The molecule has 3 heteroatoms. The molecule has 0 bridgehead atoms. The molecule has 11 aromatic rings. The van der Waals surface area contributed by atoms with Crippen molar-refractivity contribution in [2.45, 2.75) is 10.8 Å². The van der Waals surface area contributed by atoms with Gasteiger partial charge in [-0.15, -0.1) is 0 Å². The quantitative estimate of drug-likeness (QED) is 0.172. The van der Waals surface area contributed by atoms with Crippen molar-refractivity contribution in [1.82, 2.24) is 0 Å². The Hall–Kier alpha value is -9.18. The van der Waals surface area contributed by atoms with Crippen LogP contribution in [0.2, 0.25) is 0 Å². The zero-order valence-electron chi connectivity index (χ0n) is 38.6. The Morgan fingerprint density at radius 1 is 0.225 bits per heavy atom. The van der Waals surface area contributed by atoms with E-state index in [1.807, 2.05) is 0 Å². The molecule has 15 rings (SSSR count). The normalized spacial score (nSPS) is 14.1. The third-order valence-electron chi connectivity index (χ3n) is 15.6. The van der Waals surface area contributed by atoms with E-state index in [2.05, 4.69) is 266 Å². The van der Waals surface area contributed by atoms with E-state index >= 15 is 0 Å². The summed E-state index contributed by atoms with van der Waals surface area (Å²) >= 11 is 0. The molecule has 4 aliphatic rings. The summed E-state index contributed by atoms with van der Waals surface area (Å²) in [7, 11) is 0. The van der Waals surface area contributed by atoms with Gasteiger partial charge in [-0.05, 0) is 133 Å². The predicted octanol–water partition coefficient (Wildman–Crippen LogP) is 17.4. The van der Waals surface area contributed by atoms with Crippen LogP contribution in [0, 0.1) is 0 Å². The van der Waals surface area contributed by atoms with Crippen LogP contribution in [0.25, 0.3) is 44.5 Å². The van der Waals surface area contributed by atoms with Crippen molar-refractivity contribution in [3.8, 4) is 67.5 Å². The fraction of sp³-hybridized carbons (Fsp3) is 0.0294. The van der Waals surface area contributed by atoms with Gasteiger partial charge in [0.2, 0.25) is 0 Å². The van der Waals surface area contributed by atoms with Gasteiger partial charge in [-0.2, -0.15) is 0 Å². The van der Waals surface area contributed by atoms with Crippen molar-refractivity contribution in [2.75, 3.05) is 4.90 Å². The molecule has 3 nitrogen and oxygen atoms in total. The maximum Gasteiger partial charge on any atom is 0.132 e. The van der Waals surface area contributed by atoms with Crippen LogP contribution in [-0.2, 0) is 10.8 Å². The molecule has 332 valence electrons. The van der Waals surface area contributed by atoms with Crippen LogP contribution in [-0.4, -0.2) is 0 Å². The molecule has 0 unspecified atom stereocenters. The van der Waals surface area contributed by atoms with Crippen molar-refractivity contribution in [2.24, 2.45) is 0 Å². The van der Waals surface area contributed by atoms with Gasteiger partial charge in [-0.25, -0.2) is 0 Å². The van der Waals surface area contributed by atoms with Gasteiger partial charge in [0, 0.05) is 39.3 Å². The second-order valence-corrected chi connectivity index (χ2v) is 19.1. The summed E-state index contributed by atoms with van der Waals surface area (Å²) in [5, 5.41) is 0. The van der Waals surface area contributed by atoms with Crippen LogP contribution >= 0.6 is 0 Å². The summed E-state index contributed by atoms with van der Waals surface area (Å²) < 4.78 is 13.3. The van der Waals surface area contributed by atoms with E-state index < -0.39 is 10.8 Å². The standard InChI is InChI=1S/C68H43NO2/c1-2-17-44(18-3-1)46-19-16-20-47(41-46)45-33-35-48(36-34-45)69(49-37-39-57-53(42-49)51-21-4-6-23-55(51)67(57)59-25-8-12-29-63(59)70-64-30-13-9-26-60(64)67)50-38-40-58-54(43-50)52-22-5-7-24-56(52)68(58)61-27-10-14-31-65(61)71-66-32-15-11-28-62(66)68/h1-43H. The number of nitrogens with zero attached hydrogens (tertiary/aromatic N) is 1. The molecule has 0 fully saturated rings. The third kappa shape index (κ3) is 5.54. The van der Waals surface area contributed by atoms with Crippen molar-refractivity contribution in [3.63, 3.8) is 0 Å². The number of hydrogen-bond acceptors (Lipinski definition) is 3. The highest BCUT2D eigenvalue weighted by Gasteiger charge is 2.53.